The van der Waals surface area contributed by atoms with E-state index in [0.29, 0.717) is 17.5 Å². The fraction of sp³-hybridized carbons (Fsp3) is 0.385. The van der Waals surface area contributed by atoms with E-state index in [9.17, 15) is 14.7 Å². The molecule has 5 nitrogen and oxygen atoms in total. The molecule has 0 heterocycles. The summed E-state index contributed by atoms with van der Waals surface area (Å²) >= 11 is 0. The summed E-state index contributed by atoms with van der Waals surface area (Å²) in [5, 5.41) is 20.9. The Morgan fingerprint density at radius 3 is 2.61 bits per heavy atom. The molecule has 98 valence electrons. The Kier molecular flexibility index (Phi) is 4.71. The van der Waals surface area contributed by atoms with Gasteiger partial charge in [-0.15, -0.1) is 0 Å². The molecule has 5 heteroatoms. The average molecular weight is 251 g/mol. The van der Waals surface area contributed by atoms with Gasteiger partial charge in [0, 0.05) is 17.7 Å². The number of hydrogen-bond acceptors (Lipinski definition) is 3. The molecule has 0 radical (unpaired) electrons. The van der Waals surface area contributed by atoms with Gasteiger partial charge in [0.1, 0.15) is 5.75 Å². The highest BCUT2D eigenvalue weighted by Crippen LogP contribution is 2.19. The molecule has 0 saturated carbocycles. The van der Waals surface area contributed by atoms with Gasteiger partial charge in [-0.1, -0.05) is 13.0 Å². The monoisotopic (exact) mass is 251 g/mol. The van der Waals surface area contributed by atoms with Crippen molar-refractivity contribution in [1.82, 2.24) is 5.32 Å². The summed E-state index contributed by atoms with van der Waals surface area (Å²) < 4.78 is 0. The molecule has 1 amide bonds. The van der Waals surface area contributed by atoms with Crippen molar-refractivity contribution < 1.29 is 19.8 Å². The van der Waals surface area contributed by atoms with Crippen LogP contribution < -0.4 is 5.32 Å². The Hall–Kier alpha value is -2.04. The molecule has 1 unspecified atom stereocenters. The minimum Gasteiger partial charge on any atom is -0.508 e. The SMILES string of the molecule is CCC(CNC(=O)c1cccc(O)c1C)C(=O)O. The lowest BCUT2D eigenvalue weighted by Gasteiger charge is -2.12. The molecule has 0 aromatic heterocycles. The molecule has 18 heavy (non-hydrogen) atoms. The van der Waals surface area contributed by atoms with E-state index in [1.54, 1.807) is 26.0 Å². The number of aromatic hydroxyl groups is 1. The van der Waals surface area contributed by atoms with E-state index < -0.39 is 11.9 Å². The van der Waals surface area contributed by atoms with Gasteiger partial charge in [-0.3, -0.25) is 9.59 Å². The topological polar surface area (TPSA) is 86.6 Å². The van der Waals surface area contributed by atoms with Gasteiger partial charge in [-0.25, -0.2) is 0 Å². The van der Waals surface area contributed by atoms with Crippen molar-refractivity contribution in [3.63, 3.8) is 0 Å². The molecule has 3 N–H and O–H groups in total. The van der Waals surface area contributed by atoms with Crippen molar-refractivity contribution >= 4 is 11.9 Å². The van der Waals surface area contributed by atoms with Crippen molar-refractivity contribution in [3.05, 3.63) is 29.3 Å². The van der Waals surface area contributed by atoms with Crippen LogP contribution in [0.25, 0.3) is 0 Å². The van der Waals surface area contributed by atoms with Gasteiger partial charge in [-0.05, 0) is 25.5 Å². The highest BCUT2D eigenvalue weighted by atomic mass is 16.4. The predicted molar refractivity (Wildman–Crippen MR) is 66.6 cm³/mol. The summed E-state index contributed by atoms with van der Waals surface area (Å²) in [7, 11) is 0. The molecular formula is C13H17NO4. The quantitative estimate of drug-likeness (QED) is 0.740. The third-order valence-corrected chi connectivity index (χ3v) is 2.90. The summed E-state index contributed by atoms with van der Waals surface area (Å²) in [6, 6.07) is 4.66. The van der Waals surface area contributed by atoms with Crippen LogP contribution >= 0.6 is 0 Å². The zero-order valence-electron chi connectivity index (χ0n) is 10.4. The fourth-order valence-electron chi connectivity index (χ4n) is 1.59. The number of carbonyl (C=O) groups excluding carboxylic acids is 1. The second-order valence-electron chi connectivity index (χ2n) is 4.10. The van der Waals surface area contributed by atoms with E-state index in [4.69, 9.17) is 5.11 Å². The number of rotatable bonds is 5. The number of carboxylic acid groups (broad SMARTS) is 1. The Bertz CT molecular complexity index is 456. The molecule has 0 bridgehead atoms. The smallest absolute Gasteiger partial charge is 0.308 e. The molecule has 1 aromatic carbocycles. The minimum atomic E-state index is -0.926. The summed E-state index contributed by atoms with van der Waals surface area (Å²) in [5.74, 6) is -1.84. The predicted octanol–water partition coefficient (Wildman–Crippen LogP) is 1.54. The molecular weight excluding hydrogens is 234 g/mol. The summed E-state index contributed by atoms with van der Waals surface area (Å²) in [5.41, 5.74) is 0.841. The van der Waals surface area contributed by atoms with E-state index in [0.717, 1.165) is 0 Å². The van der Waals surface area contributed by atoms with Crippen LogP contribution in [0.5, 0.6) is 5.75 Å². The number of aliphatic carboxylic acids is 1. The lowest BCUT2D eigenvalue weighted by molar-refractivity contribution is -0.141. The van der Waals surface area contributed by atoms with Crippen LogP contribution in [-0.4, -0.2) is 28.6 Å². The van der Waals surface area contributed by atoms with Crippen molar-refractivity contribution in [2.24, 2.45) is 5.92 Å². The maximum absolute atomic E-state index is 11.8. The number of phenolic OH excluding ortho intramolecular Hbond substituents is 1. The lowest BCUT2D eigenvalue weighted by atomic mass is 10.1. The van der Waals surface area contributed by atoms with Crippen LogP contribution in [0.4, 0.5) is 0 Å². The first-order valence-electron chi connectivity index (χ1n) is 5.77. The number of hydrogen-bond donors (Lipinski definition) is 3. The molecule has 1 aromatic rings. The van der Waals surface area contributed by atoms with Crippen LogP contribution in [-0.2, 0) is 4.79 Å². The summed E-state index contributed by atoms with van der Waals surface area (Å²) in [6.45, 7) is 3.48. The second kappa shape index (κ2) is 6.05. The van der Waals surface area contributed by atoms with Crippen molar-refractivity contribution in [3.8, 4) is 5.75 Å². The van der Waals surface area contributed by atoms with E-state index in [2.05, 4.69) is 5.32 Å². The molecule has 0 fully saturated rings. The van der Waals surface area contributed by atoms with Crippen LogP contribution in [0.15, 0.2) is 18.2 Å². The zero-order valence-corrected chi connectivity index (χ0v) is 10.4. The van der Waals surface area contributed by atoms with E-state index in [1.165, 1.54) is 6.07 Å². The number of carboxylic acids is 1. The number of nitrogens with one attached hydrogen (secondary N) is 1. The van der Waals surface area contributed by atoms with E-state index >= 15 is 0 Å². The Labute approximate surface area is 105 Å². The number of benzene rings is 1. The lowest BCUT2D eigenvalue weighted by Crippen LogP contribution is -2.32. The third-order valence-electron chi connectivity index (χ3n) is 2.90. The van der Waals surface area contributed by atoms with Gasteiger partial charge in [0.05, 0.1) is 5.92 Å². The normalized spacial score (nSPS) is 11.9. The van der Waals surface area contributed by atoms with Gasteiger partial charge in [0.2, 0.25) is 0 Å². The molecule has 0 aliphatic heterocycles. The van der Waals surface area contributed by atoms with Crippen LogP contribution in [0.1, 0.15) is 29.3 Å². The van der Waals surface area contributed by atoms with Gasteiger partial charge in [0.25, 0.3) is 5.91 Å². The largest absolute Gasteiger partial charge is 0.508 e. The highest BCUT2D eigenvalue weighted by Gasteiger charge is 2.17. The van der Waals surface area contributed by atoms with Gasteiger partial charge in [-0.2, -0.15) is 0 Å². The minimum absolute atomic E-state index is 0.0490. The molecule has 1 rings (SSSR count). The Morgan fingerprint density at radius 2 is 2.06 bits per heavy atom. The van der Waals surface area contributed by atoms with Crippen LogP contribution in [0.3, 0.4) is 0 Å². The zero-order chi connectivity index (χ0) is 13.7. The number of carbonyl (C=O) groups is 2. The summed E-state index contributed by atoms with van der Waals surface area (Å²) in [6.07, 6.45) is 0.453. The first-order valence-corrected chi connectivity index (χ1v) is 5.77. The van der Waals surface area contributed by atoms with E-state index in [1.807, 2.05) is 0 Å². The number of amides is 1. The second-order valence-corrected chi connectivity index (χ2v) is 4.10. The molecule has 0 spiro atoms. The maximum Gasteiger partial charge on any atom is 0.308 e. The Balaban J connectivity index is 2.71. The fourth-order valence-corrected chi connectivity index (χ4v) is 1.59. The first-order chi connectivity index (χ1) is 8.47. The molecule has 0 aliphatic rings. The summed E-state index contributed by atoms with van der Waals surface area (Å²) in [4.78, 5) is 22.7. The number of phenols is 1. The van der Waals surface area contributed by atoms with Crippen LogP contribution in [0.2, 0.25) is 0 Å². The molecule has 0 saturated heterocycles. The van der Waals surface area contributed by atoms with Gasteiger partial charge in [0.15, 0.2) is 0 Å². The highest BCUT2D eigenvalue weighted by molar-refractivity contribution is 5.96. The van der Waals surface area contributed by atoms with E-state index in [-0.39, 0.29) is 18.2 Å². The van der Waals surface area contributed by atoms with Gasteiger partial charge >= 0.3 is 5.97 Å². The Morgan fingerprint density at radius 1 is 1.39 bits per heavy atom. The van der Waals surface area contributed by atoms with Crippen molar-refractivity contribution in [2.45, 2.75) is 20.3 Å². The van der Waals surface area contributed by atoms with Crippen LogP contribution in [0, 0.1) is 12.8 Å². The standard InChI is InChI=1S/C13H17NO4/c1-3-9(13(17)18)7-14-12(16)10-5-4-6-11(15)8(10)2/h4-6,9,15H,3,7H2,1-2H3,(H,14,16)(H,17,18). The van der Waals surface area contributed by atoms with Crippen molar-refractivity contribution in [2.75, 3.05) is 6.54 Å². The average Bonchev–Trinajstić information content (AvgIpc) is 2.32. The third kappa shape index (κ3) is 3.23. The van der Waals surface area contributed by atoms with Crippen molar-refractivity contribution in [1.29, 1.82) is 0 Å². The molecule has 1 atom stereocenters. The molecule has 0 aliphatic carbocycles. The first kappa shape index (κ1) is 14.0. The van der Waals surface area contributed by atoms with Gasteiger partial charge < -0.3 is 15.5 Å². The maximum atomic E-state index is 11.8.